The fraction of sp³-hybridized carbons (Fsp3) is 0.400. The Morgan fingerprint density at radius 1 is 1.04 bits per heavy atom. The summed E-state index contributed by atoms with van der Waals surface area (Å²) in [6.07, 6.45) is 4.90. The Bertz CT molecular complexity index is 959. The first-order chi connectivity index (χ1) is 12.7. The van der Waals surface area contributed by atoms with Crippen LogP contribution in [0.4, 0.5) is 5.82 Å². The van der Waals surface area contributed by atoms with Crippen molar-refractivity contribution in [3.05, 3.63) is 53.9 Å². The molecule has 0 amide bonds. The fourth-order valence-corrected chi connectivity index (χ4v) is 4.36. The molecule has 3 aliphatic rings. The van der Waals surface area contributed by atoms with Crippen molar-refractivity contribution in [2.75, 3.05) is 18.0 Å². The average molecular weight is 346 g/mol. The number of nitrogens with zero attached hydrogens (tertiary/aromatic N) is 6. The summed E-state index contributed by atoms with van der Waals surface area (Å²) in [6.45, 7) is 7.05. The second-order valence-electron chi connectivity index (χ2n) is 7.40. The summed E-state index contributed by atoms with van der Waals surface area (Å²) in [5.41, 5.74) is 3.18. The molecule has 0 saturated carbocycles. The minimum absolute atomic E-state index is 0.518. The Labute approximate surface area is 152 Å². The molecule has 3 fully saturated rings. The van der Waals surface area contributed by atoms with Crippen LogP contribution in [-0.4, -0.2) is 50.0 Å². The molecule has 132 valence electrons. The third-order valence-electron chi connectivity index (χ3n) is 5.44. The second-order valence-corrected chi connectivity index (χ2v) is 7.40. The normalized spacial score (nSPS) is 22.5. The molecule has 0 radical (unpaired) electrons. The quantitative estimate of drug-likeness (QED) is 0.726. The van der Waals surface area contributed by atoms with Crippen LogP contribution in [0.25, 0.3) is 10.9 Å². The van der Waals surface area contributed by atoms with Gasteiger partial charge in [0.15, 0.2) is 0 Å². The van der Waals surface area contributed by atoms with E-state index in [0.29, 0.717) is 12.1 Å². The minimum atomic E-state index is 0.518. The van der Waals surface area contributed by atoms with E-state index in [1.54, 1.807) is 0 Å². The van der Waals surface area contributed by atoms with Crippen molar-refractivity contribution < 1.29 is 0 Å². The van der Waals surface area contributed by atoms with Gasteiger partial charge in [-0.15, -0.1) is 0 Å². The molecule has 2 atom stereocenters. The third-order valence-corrected chi connectivity index (χ3v) is 5.44. The summed E-state index contributed by atoms with van der Waals surface area (Å²) in [4.78, 5) is 23.2. The van der Waals surface area contributed by atoms with Crippen LogP contribution in [0.1, 0.15) is 23.6 Å². The van der Waals surface area contributed by atoms with Gasteiger partial charge < -0.3 is 4.90 Å². The Morgan fingerprint density at radius 3 is 2.69 bits per heavy atom. The Morgan fingerprint density at radius 2 is 1.88 bits per heavy atom. The van der Waals surface area contributed by atoms with E-state index < -0.39 is 0 Å². The molecule has 0 spiro atoms. The summed E-state index contributed by atoms with van der Waals surface area (Å²) in [7, 11) is 0. The highest BCUT2D eigenvalue weighted by Gasteiger charge is 2.45. The predicted molar refractivity (Wildman–Crippen MR) is 101 cm³/mol. The minimum Gasteiger partial charge on any atom is -0.347 e. The Balaban J connectivity index is 1.39. The molecule has 6 nitrogen and oxygen atoms in total. The molecular formula is C20H22N6. The maximum absolute atomic E-state index is 4.78. The van der Waals surface area contributed by atoms with Crippen molar-refractivity contribution in [1.29, 1.82) is 0 Å². The van der Waals surface area contributed by atoms with Crippen LogP contribution in [-0.2, 0) is 6.54 Å². The molecule has 3 aromatic rings. The standard InChI is InChI=1S/C20H22N6/c1-13-4-3-5-15(22-13)10-25-11-16-8-17(12-25)26(16)20-18-6-7-21-9-19(18)23-14(2)24-20/h3-7,9,16-17H,8,10-12H2,1-2H3. The molecule has 26 heavy (non-hydrogen) atoms. The number of piperidine rings is 1. The Hall–Kier alpha value is -2.60. The van der Waals surface area contributed by atoms with E-state index in [-0.39, 0.29) is 0 Å². The summed E-state index contributed by atoms with van der Waals surface area (Å²) in [5, 5.41) is 1.11. The van der Waals surface area contributed by atoms with Crippen LogP contribution >= 0.6 is 0 Å². The van der Waals surface area contributed by atoms with E-state index in [0.717, 1.165) is 53.6 Å². The molecule has 6 heteroatoms. The van der Waals surface area contributed by atoms with E-state index in [9.17, 15) is 0 Å². The molecule has 3 aromatic heterocycles. The van der Waals surface area contributed by atoms with E-state index in [1.807, 2.05) is 25.4 Å². The van der Waals surface area contributed by atoms with E-state index >= 15 is 0 Å². The molecule has 0 N–H and O–H groups in total. The number of piperazine rings is 1. The van der Waals surface area contributed by atoms with Gasteiger partial charge in [0.05, 0.1) is 17.4 Å². The fourth-order valence-electron chi connectivity index (χ4n) is 4.36. The van der Waals surface area contributed by atoms with E-state index in [2.05, 4.69) is 49.9 Å². The lowest BCUT2D eigenvalue weighted by molar-refractivity contribution is 0.107. The SMILES string of the molecule is Cc1cccc(CN2CC3CC(C2)N3c2nc(C)nc3cnccc23)n1. The zero-order valence-corrected chi connectivity index (χ0v) is 15.1. The van der Waals surface area contributed by atoms with Gasteiger partial charge in [0.25, 0.3) is 0 Å². The van der Waals surface area contributed by atoms with Crippen LogP contribution in [0.5, 0.6) is 0 Å². The molecule has 2 unspecified atom stereocenters. The average Bonchev–Trinajstić information content (AvgIpc) is 2.61. The largest absolute Gasteiger partial charge is 0.347 e. The molecule has 6 rings (SSSR count). The van der Waals surface area contributed by atoms with Gasteiger partial charge in [0, 0.05) is 49.0 Å². The molecule has 3 saturated heterocycles. The predicted octanol–water partition coefficient (Wildman–Crippen LogP) is 2.50. The number of rotatable bonds is 3. The highest BCUT2D eigenvalue weighted by molar-refractivity contribution is 5.89. The van der Waals surface area contributed by atoms with Gasteiger partial charge >= 0.3 is 0 Å². The van der Waals surface area contributed by atoms with Gasteiger partial charge in [0.1, 0.15) is 11.6 Å². The summed E-state index contributed by atoms with van der Waals surface area (Å²) in [6, 6.07) is 9.34. The van der Waals surface area contributed by atoms with Crippen molar-refractivity contribution >= 4 is 16.7 Å². The lowest BCUT2D eigenvalue weighted by Gasteiger charge is -2.57. The maximum Gasteiger partial charge on any atom is 0.140 e. The maximum atomic E-state index is 4.78. The van der Waals surface area contributed by atoms with E-state index in [1.165, 1.54) is 6.42 Å². The molecule has 2 bridgehead atoms. The lowest BCUT2D eigenvalue weighted by Crippen LogP contribution is -2.69. The first-order valence-corrected chi connectivity index (χ1v) is 9.19. The summed E-state index contributed by atoms with van der Waals surface area (Å²) < 4.78 is 0. The zero-order valence-electron chi connectivity index (χ0n) is 15.1. The van der Waals surface area contributed by atoms with Crippen molar-refractivity contribution in [2.24, 2.45) is 0 Å². The first kappa shape index (κ1) is 15.6. The molecule has 0 aliphatic carbocycles. The van der Waals surface area contributed by atoms with Crippen LogP contribution in [0.3, 0.4) is 0 Å². The number of fused-ring (bicyclic) bond motifs is 3. The van der Waals surface area contributed by atoms with Gasteiger partial charge in [-0.25, -0.2) is 9.97 Å². The number of aryl methyl sites for hydroxylation is 2. The second kappa shape index (κ2) is 5.99. The smallest absolute Gasteiger partial charge is 0.140 e. The van der Waals surface area contributed by atoms with Gasteiger partial charge in [-0.3, -0.25) is 14.9 Å². The highest BCUT2D eigenvalue weighted by Crippen LogP contribution is 2.39. The Kier molecular flexibility index (Phi) is 3.60. The summed E-state index contributed by atoms with van der Waals surface area (Å²) >= 11 is 0. The van der Waals surface area contributed by atoms with Crippen LogP contribution in [0, 0.1) is 13.8 Å². The number of anilines is 1. The zero-order chi connectivity index (χ0) is 17.7. The number of hydrogen-bond donors (Lipinski definition) is 0. The monoisotopic (exact) mass is 346 g/mol. The van der Waals surface area contributed by atoms with Crippen LogP contribution in [0.2, 0.25) is 0 Å². The number of hydrogen-bond acceptors (Lipinski definition) is 6. The highest BCUT2D eigenvalue weighted by atomic mass is 15.4. The molecule has 0 aromatic carbocycles. The molecule has 3 aliphatic heterocycles. The number of aromatic nitrogens is 4. The molecule has 6 heterocycles. The van der Waals surface area contributed by atoms with Crippen molar-refractivity contribution in [2.45, 2.75) is 38.9 Å². The topological polar surface area (TPSA) is 58.0 Å². The third kappa shape index (κ3) is 2.61. The van der Waals surface area contributed by atoms with Gasteiger partial charge in [-0.1, -0.05) is 6.07 Å². The van der Waals surface area contributed by atoms with Gasteiger partial charge in [-0.05, 0) is 38.5 Å². The van der Waals surface area contributed by atoms with Crippen LogP contribution < -0.4 is 4.90 Å². The van der Waals surface area contributed by atoms with Gasteiger partial charge in [-0.2, -0.15) is 0 Å². The van der Waals surface area contributed by atoms with Crippen LogP contribution in [0.15, 0.2) is 36.7 Å². The molecular weight excluding hydrogens is 324 g/mol. The number of pyridine rings is 2. The van der Waals surface area contributed by atoms with E-state index in [4.69, 9.17) is 4.98 Å². The lowest BCUT2D eigenvalue weighted by atomic mass is 9.87. The van der Waals surface area contributed by atoms with Crippen molar-refractivity contribution in [3.8, 4) is 0 Å². The van der Waals surface area contributed by atoms with Gasteiger partial charge in [0.2, 0.25) is 0 Å². The van der Waals surface area contributed by atoms with Crippen molar-refractivity contribution in [3.63, 3.8) is 0 Å². The first-order valence-electron chi connectivity index (χ1n) is 9.19. The summed E-state index contributed by atoms with van der Waals surface area (Å²) in [5.74, 6) is 1.88. The van der Waals surface area contributed by atoms with Crippen molar-refractivity contribution in [1.82, 2.24) is 24.8 Å².